The average molecular weight is 352 g/mol. The van der Waals surface area contributed by atoms with Crippen molar-refractivity contribution in [2.24, 2.45) is 5.92 Å². The smallest absolute Gasteiger partial charge is 0.206 e. The molecule has 1 aromatic carbocycles. The van der Waals surface area contributed by atoms with Gasteiger partial charge in [0.25, 0.3) is 6.08 Å². The van der Waals surface area contributed by atoms with Crippen LogP contribution in [0, 0.1) is 11.7 Å². The summed E-state index contributed by atoms with van der Waals surface area (Å²) < 4.78 is 38.5. The molecule has 1 aliphatic rings. The first kappa shape index (κ1) is 20.1. The van der Waals surface area contributed by atoms with Crippen LogP contribution in [0.25, 0.3) is 6.08 Å². The van der Waals surface area contributed by atoms with Crippen molar-refractivity contribution in [3.63, 3.8) is 0 Å². The lowest BCUT2D eigenvalue weighted by Gasteiger charge is -2.29. The van der Waals surface area contributed by atoms with Crippen molar-refractivity contribution in [3.05, 3.63) is 41.2 Å². The quantitative estimate of drug-likeness (QED) is 0.394. The zero-order valence-electron chi connectivity index (χ0n) is 15.4. The Balaban J connectivity index is 1.74. The summed E-state index contributed by atoms with van der Waals surface area (Å²) in [6.07, 6.45) is 12.7. The van der Waals surface area contributed by atoms with Gasteiger partial charge in [-0.3, -0.25) is 0 Å². The first-order valence-corrected chi connectivity index (χ1v) is 9.92. The molecule has 0 aliphatic heterocycles. The van der Waals surface area contributed by atoms with Gasteiger partial charge in [0.15, 0.2) is 0 Å². The van der Waals surface area contributed by atoms with Gasteiger partial charge >= 0.3 is 0 Å². The van der Waals surface area contributed by atoms with E-state index in [4.69, 9.17) is 0 Å². The van der Waals surface area contributed by atoms with Crippen LogP contribution in [0.3, 0.4) is 0 Å². The molecule has 0 spiro atoms. The number of unbranched alkanes of at least 4 members (excludes halogenated alkanes) is 5. The highest BCUT2D eigenvalue weighted by Gasteiger charge is 2.22. The Kier molecular flexibility index (Phi) is 8.57. The highest BCUT2D eigenvalue weighted by molar-refractivity contribution is 5.51. The number of benzene rings is 1. The van der Waals surface area contributed by atoms with Crippen LogP contribution >= 0.6 is 0 Å². The fraction of sp³-hybridized carbons (Fsp3) is 0.636. The monoisotopic (exact) mass is 352 g/mol. The van der Waals surface area contributed by atoms with Crippen LogP contribution in [0.5, 0.6) is 0 Å². The van der Waals surface area contributed by atoms with Gasteiger partial charge in [-0.2, -0.15) is 8.78 Å². The second-order valence-corrected chi connectivity index (χ2v) is 7.49. The van der Waals surface area contributed by atoms with Crippen LogP contribution in [0.4, 0.5) is 13.2 Å². The molecular formula is C22H31F3. The molecule has 0 heterocycles. The summed E-state index contributed by atoms with van der Waals surface area (Å²) >= 11 is 0. The lowest BCUT2D eigenvalue weighted by atomic mass is 9.77. The van der Waals surface area contributed by atoms with E-state index in [0.29, 0.717) is 12.0 Å². The molecule has 0 atom stereocenters. The number of hydrogen-bond acceptors (Lipinski definition) is 0. The van der Waals surface area contributed by atoms with Crippen LogP contribution in [-0.4, -0.2) is 0 Å². The van der Waals surface area contributed by atoms with E-state index < -0.39 is 11.9 Å². The van der Waals surface area contributed by atoms with Gasteiger partial charge in [0.2, 0.25) is 0 Å². The average Bonchev–Trinajstić information content (AvgIpc) is 2.60. The number of hydrogen-bond donors (Lipinski definition) is 0. The summed E-state index contributed by atoms with van der Waals surface area (Å²) in [5.41, 5.74) is 0.937. The summed E-state index contributed by atoms with van der Waals surface area (Å²) in [6.45, 7) is 2.24. The molecule has 1 aromatic rings. The summed E-state index contributed by atoms with van der Waals surface area (Å²) in [5, 5.41) is 0. The van der Waals surface area contributed by atoms with Gasteiger partial charge in [-0.15, -0.1) is 0 Å². The van der Waals surface area contributed by atoms with Crippen molar-refractivity contribution in [2.75, 3.05) is 0 Å². The molecule has 0 N–H and O–H groups in total. The molecule has 0 nitrogen and oxygen atoms in total. The third-order valence-electron chi connectivity index (χ3n) is 5.57. The molecule has 1 saturated carbocycles. The van der Waals surface area contributed by atoms with Crippen LogP contribution in [0.15, 0.2) is 24.3 Å². The SMILES string of the molecule is CCCCCCCC[C@H]1CC[C@H](c2ccc(C=C(F)F)c(F)c2)CC1. The van der Waals surface area contributed by atoms with E-state index >= 15 is 0 Å². The topological polar surface area (TPSA) is 0 Å². The van der Waals surface area contributed by atoms with E-state index in [1.165, 1.54) is 69.9 Å². The highest BCUT2D eigenvalue weighted by atomic mass is 19.3. The Morgan fingerprint density at radius 1 is 1.00 bits per heavy atom. The maximum atomic E-state index is 14.0. The number of rotatable bonds is 9. The van der Waals surface area contributed by atoms with Crippen molar-refractivity contribution in [1.82, 2.24) is 0 Å². The molecular weight excluding hydrogens is 321 g/mol. The van der Waals surface area contributed by atoms with E-state index in [1.807, 2.05) is 6.07 Å². The molecule has 25 heavy (non-hydrogen) atoms. The minimum atomic E-state index is -1.86. The Bertz CT molecular complexity index is 538. The molecule has 0 unspecified atom stereocenters. The Hall–Kier alpha value is -1.25. The summed E-state index contributed by atoms with van der Waals surface area (Å²) in [5.74, 6) is 0.651. The van der Waals surface area contributed by atoms with Gasteiger partial charge in [0, 0.05) is 11.6 Å². The van der Waals surface area contributed by atoms with Gasteiger partial charge in [-0.1, -0.05) is 64.0 Å². The number of halogens is 3. The van der Waals surface area contributed by atoms with E-state index in [2.05, 4.69) is 6.92 Å². The van der Waals surface area contributed by atoms with Crippen LogP contribution in [-0.2, 0) is 0 Å². The van der Waals surface area contributed by atoms with Crippen molar-refractivity contribution in [3.8, 4) is 0 Å². The molecule has 140 valence electrons. The molecule has 0 radical (unpaired) electrons. The van der Waals surface area contributed by atoms with E-state index in [0.717, 1.165) is 24.3 Å². The van der Waals surface area contributed by atoms with Crippen molar-refractivity contribution >= 4 is 6.08 Å². The zero-order valence-corrected chi connectivity index (χ0v) is 15.4. The molecule has 0 bridgehead atoms. The highest BCUT2D eigenvalue weighted by Crippen LogP contribution is 2.38. The third kappa shape index (κ3) is 6.87. The lowest BCUT2D eigenvalue weighted by Crippen LogP contribution is -2.13. The minimum Gasteiger partial charge on any atom is -0.206 e. The maximum absolute atomic E-state index is 14.0. The Labute approximate surface area is 150 Å². The largest absolute Gasteiger partial charge is 0.271 e. The van der Waals surface area contributed by atoms with Crippen molar-refractivity contribution in [1.29, 1.82) is 0 Å². The second kappa shape index (κ2) is 10.7. The van der Waals surface area contributed by atoms with Crippen LogP contribution in [0.2, 0.25) is 0 Å². The van der Waals surface area contributed by atoms with E-state index in [-0.39, 0.29) is 5.56 Å². The van der Waals surface area contributed by atoms with E-state index in [1.54, 1.807) is 0 Å². The fourth-order valence-corrected chi connectivity index (χ4v) is 4.03. The summed E-state index contributed by atoms with van der Waals surface area (Å²) in [6, 6.07) is 4.75. The molecule has 1 aliphatic carbocycles. The predicted molar refractivity (Wildman–Crippen MR) is 99.3 cm³/mol. The van der Waals surface area contributed by atoms with Crippen molar-refractivity contribution in [2.45, 2.75) is 83.5 Å². The van der Waals surface area contributed by atoms with Crippen molar-refractivity contribution < 1.29 is 13.2 Å². The Morgan fingerprint density at radius 3 is 2.32 bits per heavy atom. The van der Waals surface area contributed by atoms with Gasteiger partial charge < -0.3 is 0 Å². The molecule has 1 fully saturated rings. The maximum Gasteiger partial charge on any atom is 0.271 e. The first-order chi connectivity index (χ1) is 12.1. The first-order valence-electron chi connectivity index (χ1n) is 9.92. The van der Waals surface area contributed by atoms with Crippen LogP contribution < -0.4 is 0 Å². The standard InChI is InChI=1S/C22H31F3/c1-2-3-4-5-6-7-8-17-9-11-18(12-10-17)19-13-14-20(16-22(24)25)21(23)15-19/h13-18H,2-12H2,1H3/t17-,18-. The normalized spacial score (nSPS) is 20.5. The minimum absolute atomic E-state index is 0.0273. The lowest BCUT2D eigenvalue weighted by molar-refractivity contribution is 0.301. The Morgan fingerprint density at radius 2 is 1.68 bits per heavy atom. The van der Waals surface area contributed by atoms with E-state index in [9.17, 15) is 13.2 Å². The molecule has 0 aromatic heterocycles. The van der Waals surface area contributed by atoms with Gasteiger partial charge in [-0.05, 0) is 49.1 Å². The zero-order chi connectivity index (χ0) is 18.1. The summed E-state index contributed by atoms with van der Waals surface area (Å²) in [7, 11) is 0. The molecule has 0 saturated heterocycles. The fourth-order valence-electron chi connectivity index (χ4n) is 4.03. The molecule has 2 rings (SSSR count). The molecule has 3 heteroatoms. The summed E-state index contributed by atoms with van der Waals surface area (Å²) in [4.78, 5) is 0. The second-order valence-electron chi connectivity index (χ2n) is 7.49. The van der Waals surface area contributed by atoms with Gasteiger partial charge in [0.1, 0.15) is 5.82 Å². The molecule has 0 amide bonds. The van der Waals surface area contributed by atoms with Gasteiger partial charge in [0.05, 0.1) is 0 Å². The third-order valence-corrected chi connectivity index (χ3v) is 5.57. The van der Waals surface area contributed by atoms with Crippen LogP contribution in [0.1, 0.15) is 94.6 Å². The predicted octanol–water partition coefficient (Wildman–Crippen LogP) is 8.09. The van der Waals surface area contributed by atoms with Gasteiger partial charge in [-0.25, -0.2) is 4.39 Å².